The van der Waals surface area contributed by atoms with E-state index in [-0.39, 0.29) is 23.3 Å². The molecule has 0 bridgehead atoms. The van der Waals surface area contributed by atoms with Crippen molar-refractivity contribution < 1.29 is 9.59 Å². The van der Waals surface area contributed by atoms with Crippen LogP contribution in [0.25, 0.3) is 0 Å². The predicted molar refractivity (Wildman–Crippen MR) is 91.8 cm³/mol. The summed E-state index contributed by atoms with van der Waals surface area (Å²) in [6.45, 7) is 7.40. The van der Waals surface area contributed by atoms with Crippen molar-refractivity contribution in [3.05, 3.63) is 0 Å². The molecule has 23 heavy (non-hydrogen) atoms. The number of nitrogens with two attached hydrogens (primary N) is 1. The zero-order chi connectivity index (χ0) is 17.0. The Morgan fingerprint density at radius 1 is 1.26 bits per heavy atom. The largest absolute Gasteiger partial charge is 0.349 e. The molecule has 0 aromatic heterocycles. The lowest BCUT2D eigenvalue weighted by Crippen LogP contribution is -2.54. The molecule has 2 rings (SSSR count). The fraction of sp³-hybridized carbons (Fsp3) is 0.889. The van der Waals surface area contributed by atoms with Crippen LogP contribution in [-0.2, 0) is 9.59 Å². The van der Waals surface area contributed by atoms with Crippen molar-refractivity contribution in [2.45, 2.75) is 77.3 Å². The van der Waals surface area contributed by atoms with Gasteiger partial charge in [-0.3, -0.25) is 9.59 Å². The molecule has 3 N–H and O–H groups in total. The first-order valence-electron chi connectivity index (χ1n) is 9.26. The van der Waals surface area contributed by atoms with E-state index in [1.54, 1.807) is 0 Å². The van der Waals surface area contributed by atoms with Crippen molar-refractivity contribution >= 4 is 11.8 Å². The Morgan fingerprint density at radius 2 is 1.87 bits per heavy atom. The van der Waals surface area contributed by atoms with Gasteiger partial charge in [0.05, 0.1) is 11.5 Å². The molecule has 1 unspecified atom stereocenters. The molecular weight excluding hydrogens is 290 g/mol. The average molecular weight is 323 g/mol. The highest BCUT2D eigenvalue weighted by Gasteiger charge is 2.40. The number of likely N-dealkylation sites (tertiary alicyclic amines) is 1. The summed E-state index contributed by atoms with van der Waals surface area (Å²) < 4.78 is 0. The van der Waals surface area contributed by atoms with Gasteiger partial charge in [0.15, 0.2) is 0 Å². The SMILES string of the molecule is CCC(CC)(CN)NC(=O)C1CC(=O)N(C2CCC(C)CC2)C1. The maximum atomic E-state index is 12.6. The summed E-state index contributed by atoms with van der Waals surface area (Å²) in [7, 11) is 0. The van der Waals surface area contributed by atoms with E-state index in [4.69, 9.17) is 5.73 Å². The molecule has 2 fully saturated rings. The molecule has 1 heterocycles. The lowest BCUT2D eigenvalue weighted by Gasteiger charge is -2.34. The van der Waals surface area contributed by atoms with Crippen LogP contribution in [0.2, 0.25) is 0 Å². The Morgan fingerprint density at radius 3 is 2.39 bits per heavy atom. The van der Waals surface area contributed by atoms with Gasteiger partial charge in [0, 0.05) is 25.6 Å². The lowest BCUT2D eigenvalue weighted by atomic mass is 9.86. The van der Waals surface area contributed by atoms with E-state index >= 15 is 0 Å². The average Bonchev–Trinajstić information content (AvgIpc) is 2.95. The fourth-order valence-corrected chi connectivity index (χ4v) is 3.94. The molecule has 0 radical (unpaired) electrons. The Bertz CT molecular complexity index is 418. The maximum absolute atomic E-state index is 12.6. The van der Waals surface area contributed by atoms with Crippen LogP contribution in [0.3, 0.4) is 0 Å². The summed E-state index contributed by atoms with van der Waals surface area (Å²) in [5.41, 5.74) is 5.54. The number of hydrogen-bond acceptors (Lipinski definition) is 3. The highest BCUT2D eigenvalue weighted by Crippen LogP contribution is 2.31. The Labute approximate surface area is 140 Å². The third-order valence-electron chi connectivity index (χ3n) is 6.09. The van der Waals surface area contributed by atoms with Crippen LogP contribution in [0.5, 0.6) is 0 Å². The van der Waals surface area contributed by atoms with Crippen LogP contribution < -0.4 is 11.1 Å². The minimum atomic E-state index is -0.326. The first kappa shape index (κ1) is 18.2. The predicted octanol–water partition coefficient (Wildman–Crippen LogP) is 2.05. The van der Waals surface area contributed by atoms with Crippen LogP contribution in [0, 0.1) is 11.8 Å². The second-order valence-electron chi connectivity index (χ2n) is 7.54. The van der Waals surface area contributed by atoms with Gasteiger partial charge < -0.3 is 16.0 Å². The van der Waals surface area contributed by atoms with Gasteiger partial charge in [-0.15, -0.1) is 0 Å². The van der Waals surface area contributed by atoms with Crippen molar-refractivity contribution in [1.82, 2.24) is 10.2 Å². The maximum Gasteiger partial charge on any atom is 0.225 e. The Balaban J connectivity index is 1.95. The van der Waals surface area contributed by atoms with Crippen molar-refractivity contribution in [3.8, 4) is 0 Å². The monoisotopic (exact) mass is 323 g/mol. The summed E-state index contributed by atoms with van der Waals surface area (Å²) >= 11 is 0. The van der Waals surface area contributed by atoms with Gasteiger partial charge in [0.25, 0.3) is 0 Å². The second kappa shape index (κ2) is 7.65. The summed E-state index contributed by atoms with van der Waals surface area (Å²) in [4.78, 5) is 27.0. The molecule has 5 nitrogen and oxygen atoms in total. The zero-order valence-corrected chi connectivity index (χ0v) is 14.9. The minimum Gasteiger partial charge on any atom is -0.349 e. The van der Waals surface area contributed by atoms with E-state index < -0.39 is 0 Å². The van der Waals surface area contributed by atoms with Gasteiger partial charge in [-0.2, -0.15) is 0 Å². The van der Waals surface area contributed by atoms with Crippen LogP contribution in [0.15, 0.2) is 0 Å². The molecule has 0 aromatic carbocycles. The Kier molecular flexibility index (Phi) is 6.06. The van der Waals surface area contributed by atoms with Crippen LogP contribution in [0.4, 0.5) is 0 Å². The molecule has 1 atom stereocenters. The molecular formula is C18H33N3O2. The van der Waals surface area contributed by atoms with Gasteiger partial charge >= 0.3 is 0 Å². The molecule has 1 saturated heterocycles. The van der Waals surface area contributed by atoms with Crippen molar-refractivity contribution in [2.24, 2.45) is 17.6 Å². The molecule has 1 aliphatic heterocycles. The number of nitrogens with one attached hydrogen (secondary N) is 1. The molecule has 1 saturated carbocycles. The summed E-state index contributed by atoms with van der Waals surface area (Å²) in [5, 5.41) is 3.13. The van der Waals surface area contributed by atoms with Gasteiger partial charge in [0.1, 0.15) is 0 Å². The van der Waals surface area contributed by atoms with Gasteiger partial charge in [-0.1, -0.05) is 20.8 Å². The number of carbonyl (C=O) groups is 2. The summed E-state index contributed by atoms with van der Waals surface area (Å²) in [6, 6.07) is 0.341. The highest BCUT2D eigenvalue weighted by molar-refractivity contribution is 5.89. The smallest absolute Gasteiger partial charge is 0.225 e. The van der Waals surface area contributed by atoms with E-state index in [0.717, 1.165) is 31.6 Å². The standard InChI is InChI=1S/C18H33N3O2/c1-4-18(5-2,12-19)20-17(23)14-10-16(22)21(11-14)15-8-6-13(3)7-9-15/h13-15H,4-12,19H2,1-3H3,(H,20,23). The van der Waals surface area contributed by atoms with E-state index in [0.29, 0.717) is 25.6 Å². The number of hydrogen-bond donors (Lipinski definition) is 2. The first-order valence-corrected chi connectivity index (χ1v) is 9.26. The third kappa shape index (κ3) is 4.06. The van der Waals surface area contributed by atoms with Crippen LogP contribution in [-0.4, -0.2) is 41.4 Å². The second-order valence-corrected chi connectivity index (χ2v) is 7.54. The van der Waals surface area contributed by atoms with Crippen LogP contribution >= 0.6 is 0 Å². The molecule has 5 heteroatoms. The van der Waals surface area contributed by atoms with E-state index in [2.05, 4.69) is 12.2 Å². The highest BCUT2D eigenvalue weighted by atomic mass is 16.2. The molecule has 0 spiro atoms. The minimum absolute atomic E-state index is 0.000762. The number of carbonyl (C=O) groups excluding carboxylic acids is 2. The fourth-order valence-electron chi connectivity index (χ4n) is 3.94. The molecule has 132 valence electrons. The van der Waals surface area contributed by atoms with E-state index in [9.17, 15) is 9.59 Å². The van der Waals surface area contributed by atoms with E-state index in [1.165, 1.54) is 12.8 Å². The topological polar surface area (TPSA) is 75.4 Å². The van der Waals surface area contributed by atoms with Crippen LogP contribution in [0.1, 0.15) is 65.7 Å². The summed E-state index contributed by atoms with van der Waals surface area (Å²) in [5.74, 6) is 0.698. The number of rotatable bonds is 6. The summed E-state index contributed by atoms with van der Waals surface area (Å²) in [6.07, 6.45) is 6.52. The van der Waals surface area contributed by atoms with Gasteiger partial charge in [-0.25, -0.2) is 0 Å². The Hall–Kier alpha value is -1.10. The normalized spacial score (nSPS) is 29.0. The number of nitrogens with zero attached hydrogens (tertiary/aromatic N) is 1. The molecule has 0 aromatic rings. The molecule has 1 aliphatic carbocycles. The van der Waals surface area contributed by atoms with Gasteiger partial charge in [-0.05, 0) is 44.4 Å². The third-order valence-corrected chi connectivity index (χ3v) is 6.09. The molecule has 2 aliphatic rings. The van der Waals surface area contributed by atoms with Gasteiger partial charge in [0.2, 0.25) is 11.8 Å². The first-order chi connectivity index (χ1) is 10.9. The van der Waals surface area contributed by atoms with Crippen molar-refractivity contribution in [3.63, 3.8) is 0 Å². The van der Waals surface area contributed by atoms with Crippen molar-refractivity contribution in [1.29, 1.82) is 0 Å². The lowest BCUT2D eigenvalue weighted by molar-refractivity contribution is -0.131. The molecule has 2 amide bonds. The zero-order valence-electron chi connectivity index (χ0n) is 14.9. The van der Waals surface area contributed by atoms with E-state index in [1.807, 2.05) is 18.7 Å². The number of amides is 2. The quantitative estimate of drug-likeness (QED) is 0.785. The van der Waals surface area contributed by atoms with Crippen molar-refractivity contribution in [2.75, 3.05) is 13.1 Å².